The van der Waals surface area contributed by atoms with Gasteiger partial charge >= 0.3 is 0 Å². The molecule has 1 aliphatic rings. The Bertz CT molecular complexity index is 694. The van der Waals surface area contributed by atoms with Crippen molar-refractivity contribution in [1.29, 1.82) is 0 Å². The molecule has 5 heteroatoms. The Kier molecular flexibility index (Phi) is 3.90. The minimum absolute atomic E-state index is 0.0352. The molecule has 21 heavy (non-hydrogen) atoms. The van der Waals surface area contributed by atoms with E-state index in [1.54, 1.807) is 0 Å². The van der Waals surface area contributed by atoms with Crippen molar-refractivity contribution in [3.63, 3.8) is 0 Å². The Balaban J connectivity index is 1.87. The van der Waals surface area contributed by atoms with Gasteiger partial charge in [-0.15, -0.1) is 0 Å². The maximum atomic E-state index is 12.0. The summed E-state index contributed by atoms with van der Waals surface area (Å²) in [6.07, 6.45) is 3.66. The van der Waals surface area contributed by atoms with E-state index in [4.69, 9.17) is 4.74 Å². The highest BCUT2D eigenvalue weighted by molar-refractivity contribution is 5.62. The van der Waals surface area contributed by atoms with Gasteiger partial charge in [0, 0.05) is 5.56 Å². The fourth-order valence-corrected chi connectivity index (χ4v) is 2.54. The first-order valence-corrected chi connectivity index (χ1v) is 7.39. The number of nitrogens with one attached hydrogen (secondary N) is 2. The predicted molar refractivity (Wildman–Crippen MR) is 82.4 cm³/mol. The van der Waals surface area contributed by atoms with E-state index < -0.39 is 0 Å². The lowest BCUT2D eigenvalue weighted by Gasteiger charge is -2.12. The molecule has 0 radical (unpaired) electrons. The summed E-state index contributed by atoms with van der Waals surface area (Å²) in [7, 11) is 0. The number of aromatic amines is 1. The lowest BCUT2D eigenvalue weighted by molar-refractivity contribution is 0.319. The zero-order valence-electron chi connectivity index (χ0n) is 12.1. The molecule has 0 bridgehead atoms. The summed E-state index contributed by atoms with van der Waals surface area (Å²) < 4.78 is 5.70. The van der Waals surface area contributed by atoms with E-state index in [-0.39, 0.29) is 5.56 Å². The van der Waals surface area contributed by atoms with Gasteiger partial charge in [0.2, 0.25) is 5.95 Å². The van der Waals surface area contributed by atoms with Gasteiger partial charge in [0.25, 0.3) is 5.56 Å². The average Bonchev–Trinajstić information content (AvgIpc) is 2.95. The van der Waals surface area contributed by atoms with E-state index in [0.29, 0.717) is 12.6 Å². The van der Waals surface area contributed by atoms with E-state index in [0.717, 1.165) is 48.4 Å². The van der Waals surface area contributed by atoms with Gasteiger partial charge in [-0.1, -0.05) is 19.1 Å². The van der Waals surface area contributed by atoms with Crippen molar-refractivity contribution in [3.05, 3.63) is 45.9 Å². The molecular formula is C16H19N3O2. The molecule has 2 N–H and O–H groups in total. The average molecular weight is 285 g/mol. The number of benzene rings is 1. The Labute approximate surface area is 123 Å². The maximum Gasteiger partial charge on any atom is 0.255 e. The standard InChI is InChI=1S/C16H19N3O2/c1-2-10-21-14-9-4-3-7-13(14)18-16-17-12-8-5-6-11(12)15(20)19-16/h3-4,7,9H,2,5-6,8,10H2,1H3,(H2,17,18,19,20). The van der Waals surface area contributed by atoms with Crippen LogP contribution in [0.15, 0.2) is 29.1 Å². The van der Waals surface area contributed by atoms with Gasteiger partial charge < -0.3 is 10.1 Å². The molecule has 5 nitrogen and oxygen atoms in total. The molecule has 1 aromatic heterocycles. The summed E-state index contributed by atoms with van der Waals surface area (Å²) in [5.41, 5.74) is 2.52. The number of aryl methyl sites for hydroxylation is 1. The van der Waals surface area contributed by atoms with E-state index in [1.807, 2.05) is 24.3 Å². The second-order valence-corrected chi connectivity index (χ2v) is 5.16. The molecule has 0 spiro atoms. The number of ether oxygens (including phenoxy) is 1. The van der Waals surface area contributed by atoms with Gasteiger partial charge in [-0.2, -0.15) is 0 Å². The topological polar surface area (TPSA) is 67.0 Å². The molecule has 110 valence electrons. The van der Waals surface area contributed by atoms with Crippen LogP contribution in [0.1, 0.15) is 31.0 Å². The van der Waals surface area contributed by atoms with Crippen LogP contribution in [0, 0.1) is 0 Å². The predicted octanol–water partition coefficient (Wildman–Crippen LogP) is 2.79. The van der Waals surface area contributed by atoms with Gasteiger partial charge in [-0.3, -0.25) is 9.78 Å². The second kappa shape index (κ2) is 5.99. The number of hydrogen-bond acceptors (Lipinski definition) is 4. The highest BCUT2D eigenvalue weighted by atomic mass is 16.5. The van der Waals surface area contributed by atoms with E-state index in [9.17, 15) is 4.79 Å². The number of aromatic nitrogens is 2. The second-order valence-electron chi connectivity index (χ2n) is 5.16. The van der Waals surface area contributed by atoms with E-state index in [1.165, 1.54) is 0 Å². The fourth-order valence-electron chi connectivity index (χ4n) is 2.54. The van der Waals surface area contributed by atoms with Crippen LogP contribution in [0.5, 0.6) is 5.75 Å². The fraction of sp³-hybridized carbons (Fsp3) is 0.375. The summed E-state index contributed by atoms with van der Waals surface area (Å²) in [6.45, 7) is 2.72. The molecule has 3 rings (SSSR count). The van der Waals surface area contributed by atoms with Crippen molar-refractivity contribution in [2.45, 2.75) is 32.6 Å². The van der Waals surface area contributed by atoms with Gasteiger partial charge in [-0.25, -0.2) is 4.98 Å². The lowest BCUT2D eigenvalue weighted by Crippen LogP contribution is -2.16. The third kappa shape index (κ3) is 2.91. The quantitative estimate of drug-likeness (QED) is 0.886. The Morgan fingerprint density at radius 3 is 3.05 bits per heavy atom. The number of para-hydroxylation sites is 2. The molecule has 0 saturated carbocycles. The van der Waals surface area contributed by atoms with Crippen LogP contribution in [0.2, 0.25) is 0 Å². The summed E-state index contributed by atoms with van der Waals surface area (Å²) in [4.78, 5) is 19.3. The normalized spacial score (nSPS) is 13.0. The highest BCUT2D eigenvalue weighted by Crippen LogP contribution is 2.26. The van der Waals surface area contributed by atoms with Gasteiger partial charge in [0.05, 0.1) is 18.0 Å². The summed E-state index contributed by atoms with van der Waals surface area (Å²) >= 11 is 0. The zero-order valence-corrected chi connectivity index (χ0v) is 12.1. The molecule has 0 atom stereocenters. The smallest absolute Gasteiger partial charge is 0.255 e. The van der Waals surface area contributed by atoms with Crippen molar-refractivity contribution in [2.24, 2.45) is 0 Å². The minimum Gasteiger partial charge on any atom is -0.491 e. The Hall–Kier alpha value is -2.30. The van der Waals surface area contributed by atoms with Crippen LogP contribution in [0.25, 0.3) is 0 Å². The summed E-state index contributed by atoms with van der Waals surface area (Å²) in [5.74, 6) is 1.25. The molecule has 0 amide bonds. The van der Waals surface area contributed by atoms with Crippen molar-refractivity contribution < 1.29 is 4.74 Å². The monoisotopic (exact) mass is 285 g/mol. The molecular weight excluding hydrogens is 266 g/mol. The SMILES string of the molecule is CCCOc1ccccc1Nc1nc2c(c(=O)[nH]1)CCC2. The minimum atomic E-state index is -0.0352. The number of fused-ring (bicyclic) bond motifs is 1. The number of anilines is 2. The highest BCUT2D eigenvalue weighted by Gasteiger charge is 2.17. The zero-order chi connectivity index (χ0) is 14.7. The van der Waals surface area contributed by atoms with Crippen molar-refractivity contribution >= 4 is 11.6 Å². The molecule has 1 heterocycles. The summed E-state index contributed by atoms with van der Waals surface area (Å²) in [6, 6.07) is 7.67. The van der Waals surface area contributed by atoms with Gasteiger partial charge in [0.15, 0.2) is 0 Å². The Morgan fingerprint density at radius 1 is 1.33 bits per heavy atom. The molecule has 2 aromatic rings. The molecule has 1 aromatic carbocycles. The van der Waals surface area contributed by atoms with Crippen LogP contribution in [-0.4, -0.2) is 16.6 Å². The van der Waals surface area contributed by atoms with E-state index in [2.05, 4.69) is 22.2 Å². The van der Waals surface area contributed by atoms with E-state index >= 15 is 0 Å². The first-order chi connectivity index (χ1) is 10.3. The number of rotatable bonds is 5. The molecule has 0 fully saturated rings. The van der Waals surface area contributed by atoms with Crippen molar-refractivity contribution in [3.8, 4) is 5.75 Å². The Morgan fingerprint density at radius 2 is 2.19 bits per heavy atom. The number of nitrogens with zero attached hydrogens (tertiary/aromatic N) is 1. The third-order valence-corrected chi connectivity index (χ3v) is 3.54. The van der Waals surface area contributed by atoms with Crippen molar-refractivity contribution in [2.75, 3.05) is 11.9 Å². The third-order valence-electron chi connectivity index (χ3n) is 3.54. The van der Waals surface area contributed by atoms with Gasteiger partial charge in [0.1, 0.15) is 5.75 Å². The first-order valence-electron chi connectivity index (χ1n) is 7.39. The van der Waals surface area contributed by atoms with Crippen LogP contribution in [0.3, 0.4) is 0 Å². The molecule has 1 aliphatic carbocycles. The molecule has 0 saturated heterocycles. The first kappa shape index (κ1) is 13.7. The van der Waals surface area contributed by atoms with Crippen LogP contribution < -0.4 is 15.6 Å². The van der Waals surface area contributed by atoms with Crippen molar-refractivity contribution in [1.82, 2.24) is 9.97 Å². The van der Waals surface area contributed by atoms with Crippen LogP contribution in [0.4, 0.5) is 11.6 Å². The lowest BCUT2D eigenvalue weighted by atomic mass is 10.2. The molecule has 0 unspecified atom stereocenters. The van der Waals surface area contributed by atoms with Gasteiger partial charge in [-0.05, 0) is 37.8 Å². The number of H-pyrrole nitrogens is 1. The number of hydrogen-bond donors (Lipinski definition) is 2. The van der Waals surface area contributed by atoms with Crippen LogP contribution >= 0.6 is 0 Å². The van der Waals surface area contributed by atoms with Crippen LogP contribution in [-0.2, 0) is 12.8 Å². The summed E-state index contributed by atoms with van der Waals surface area (Å²) in [5, 5.41) is 3.16. The maximum absolute atomic E-state index is 12.0. The molecule has 0 aliphatic heterocycles. The largest absolute Gasteiger partial charge is 0.491 e.